The second kappa shape index (κ2) is 5.38. The number of carbonyl (C=O) groups excluding carboxylic acids is 1. The summed E-state index contributed by atoms with van der Waals surface area (Å²) in [6.07, 6.45) is 6.15. The topological polar surface area (TPSA) is 55.1 Å². The zero-order valence-electron chi connectivity index (χ0n) is 11.1. The Morgan fingerprint density at radius 1 is 1.35 bits per heavy atom. The van der Waals surface area contributed by atoms with E-state index in [1.54, 1.807) is 0 Å². The molecule has 2 fully saturated rings. The quantitative estimate of drug-likeness (QED) is 0.768. The van der Waals surface area contributed by atoms with Crippen molar-refractivity contribution in [3.8, 4) is 0 Å². The van der Waals surface area contributed by atoms with Crippen molar-refractivity contribution in [3.63, 3.8) is 0 Å². The van der Waals surface area contributed by atoms with Crippen molar-refractivity contribution in [1.29, 1.82) is 0 Å². The van der Waals surface area contributed by atoms with Crippen LogP contribution in [-0.4, -0.2) is 18.5 Å². The van der Waals surface area contributed by atoms with Crippen LogP contribution >= 0.6 is 0 Å². The SMILES string of the molecule is CC(C)C(CN)NC(=O)CC1CC2CCC1C2. The molecule has 0 radical (unpaired) electrons. The fraction of sp³-hybridized carbons (Fsp3) is 0.929. The number of amides is 1. The second-order valence-corrected chi connectivity index (χ2v) is 6.29. The van der Waals surface area contributed by atoms with Crippen molar-refractivity contribution in [3.05, 3.63) is 0 Å². The lowest BCUT2D eigenvalue weighted by Crippen LogP contribution is -2.44. The summed E-state index contributed by atoms with van der Waals surface area (Å²) >= 11 is 0. The summed E-state index contributed by atoms with van der Waals surface area (Å²) in [7, 11) is 0. The van der Waals surface area contributed by atoms with Crippen LogP contribution in [0.3, 0.4) is 0 Å². The largest absolute Gasteiger partial charge is 0.352 e. The predicted molar refractivity (Wildman–Crippen MR) is 69.4 cm³/mol. The summed E-state index contributed by atoms with van der Waals surface area (Å²) in [5.74, 6) is 3.05. The number of hydrogen-bond donors (Lipinski definition) is 2. The van der Waals surface area contributed by atoms with Gasteiger partial charge in [-0.05, 0) is 42.9 Å². The summed E-state index contributed by atoms with van der Waals surface area (Å²) in [4.78, 5) is 12.0. The molecule has 2 aliphatic carbocycles. The number of nitrogens with one attached hydrogen (secondary N) is 1. The number of fused-ring (bicyclic) bond motifs is 2. The van der Waals surface area contributed by atoms with Crippen LogP contribution in [0.25, 0.3) is 0 Å². The maximum absolute atomic E-state index is 12.0. The molecule has 3 nitrogen and oxygen atoms in total. The van der Waals surface area contributed by atoms with Crippen molar-refractivity contribution in [1.82, 2.24) is 5.32 Å². The van der Waals surface area contributed by atoms with E-state index in [9.17, 15) is 4.79 Å². The number of nitrogens with two attached hydrogens (primary N) is 1. The Balaban J connectivity index is 1.77. The number of hydrogen-bond acceptors (Lipinski definition) is 2. The van der Waals surface area contributed by atoms with Crippen LogP contribution in [0.2, 0.25) is 0 Å². The minimum atomic E-state index is 0.140. The van der Waals surface area contributed by atoms with Crippen molar-refractivity contribution >= 4 is 5.91 Å². The van der Waals surface area contributed by atoms with Gasteiger partial charge in [0, 0.05) is 19.0 Å². The van der Waals surface area contributed by atoms with Gasteiger partial charge in [-0.15, -0.1) is 0 Å². The lowest BCUT2D eigenvalue weighted by atomic mass is 9.86. The number of carbonyl (C=O) groups is 1. The molecule has 2 saturated carbocycles. The van der Waals surface area contributed by atoms with Gasteiger partial charge in [-0.25, -0.2) is 0 Å². The van der Waals surface area contributed by atoms with Gasteiger partial charge in [-0.3, -0.25) is 4.79 Å². The van der Waals surface area contributed by atoms with Crippen LogP contribution in [0.15, 0.2) is 0 Å². The molecule has 2 bridgehead atoms. The highest BCUT2D eigenvalue weighted by Gasteiger charge is 2.40. The van der Waals surface area contributed by atoms with Crippen LogP contribution in [0, 0.1) is 23.7 Å². The molecule has 1 amide bonds. The van der Waals surface area contributed by atoms with Crippen LogP contribution in [0.1, 0.15) is 46.0 Å². The van der Waals surface area contributed by atoms with Crippen molar-refractivity contribution in [2.45, 2.75) is 52.0 Å². The fourth-order valence-corrected chi connectivity index (χ4v) is 3.63. The average Bonchev–Trinajstić information content (AvgIpc) is 2.87. The van der Waals surface area contributed by atoms with Gasteiger partial charge in [-0.2, -0.15) is 0 Å². The summed E-state index contributed by atoms with van der Waals surface area (Å²) in [6.45, 7) is 4.75. The van der Waals surface area contributed by atoms with Gasteiger partial charge >= 0.3 is 0 Å². The van der Waals surface area contributed by atoms with Crippen molar-refractivity contribution in [2.24, 2.45) is 29.4 Å². The Labute approximate surface area is 105 Å². The first-order valence-electron chi connectivity index (χ1n) is 7.09. The normalized spacial score (nSPS) is 33.1. The second-order valence-electron chi connectivity index (χ2n) is 6.29. The summed E-state index contributed by atoms with van der Waals surface area (Å²) in [5.41, 5.74) is 5.68. The zero-order chi connectivity index (χ0) is 12.4. The average molecular weight is 238 g/mol. The summed E-state index contributed by atoms with van der Waals surface area (Å²) in [6, 6.07) is 0.140. The van der Waals surface area contributed by atoms with Gasteiger partial charge < -0.3 is 11.1 Å². The maximum atomic E-state index is 12.0. The maximum Gasteiger partial charge on any atom is 0.220 e. The predicted octanol–water partition coefficient (Wildman–Crippen LogP) is 1.91. The summed E-state index contributed by atoms with van der Waals surface area (Å²) < 4.78 is 0. The van der Waals surface area contributed by atoms with Gasteiger partial charge in [0.25, 0.3) is 0 Å². The first-order chi connectivity index (χ1) is 8.10. The molecule has 17 heavy (non-hydrogen) atoms. The van der Waals surface area contributed by atoms with Crippen LogP contribution < -0.4 is 11.1 Å². The molecule has 4 atom stereocenters. The Hall–Kier alpha value is -0.570. The monoisotopic (exact) mass is 238 g/mol. The Bertz CT molecular complexity index is 277. The molecule has 0 heterocycles. The zero-order valence-corrected chi connectivity index (χ0v) is 11.1. The summed E-state index contributed by atoms with van der Waals surface area (Å²) in [5, 5.41) is 3.09. The molecule has 0 aromatic carbocycles. The Morgan fingerprint density at radius 2 is 2.12 bits per heavy atom. The third-order valence-electron chi connectivity index (χ3n) is 4.74. The van der Waals surface area contributed by atoms with E-state index < -0.39 is 0 Å². The van der Waals surface area contributed by atoms with Crippen LogP contribution in [0.4, 0.5) is 0 Å². The lowest BCUT2D eigenvalue weighted by molar-refractivity contribution is -0.123. The van der Waals surface area contributed by atoms with Crippen molar-refractivity contribution in [2.75, 3.05) is 6.54 Å². The highest BCUT2D eigenvalue weighted by Crippen LogP contribution is 2.49. The van der Waals surface area contributed by atoms with Gasteiger partial charge in [0.1, 0.15) is 0 Å². The Morgan fingerprint density at radius 3 is 2.59 bits per heavy atom. The van der Waals surface area contributed by atoms with E-state index in [0.717, 1.165) is 18.3 Å². The first-order valence-corrected chi connectivity index (χ1v) is 7.09. The van der Waals surface area contributed by atoms with Gasteiger partial charge in [0.2, 0.25) is 5.91 Å². The van der Waals surface area contributed by atoms with Gasteiger partial charge in [0.05, 0.1) is 0 Å². The third kappa shape index (κ3) is 3.01. The molecular weight excluding hydrogens is 212 g/mol. The molecule has 0 aromatic heterocycles. The molecular formula is C14H26N2O. The van der Waals surface area contributed by atoms with E-state index in [4.69, 9.17) is 5.73 Å². The third-order valence-corrected chi connectivity index (χ3v) is 4.74. The van der Waals surface area contributed by atoms with E-state index in [1.807, 2.05) is 0 Å². The molecule has 3 N–H and O–H groups in total. The van der Waals surface area contributed by atoms with Crippen LogP contribution in [-0.2, 0) is 4.79 Å². The molecule has 2 rings (SSSR count). The molecule has 2 aliphatic rings. The minimum Gasteiger partial charge on any atom is -0.352 e. The highest BCUT2D eigenvalue weighted by molar-refractivity contribution is 5.76. The lowest BCUT2D eigenvalue weighted by Gasteiger charge is -2.24. The molecule has 0 saturated heterocycles. The highest BCUT2D eigenvalue weighted by atomic mass is 16.1. The van der Waals surface area contributed by atoms with E-state index in [1.165, 1.54) is 25.7 Å². The molecule has 3 heteroatoms. The first kappa shape index (κ1) is 12.9. The van der Waals surface area contributed by atoms with Gasteiger partial charge in [-0.1, -0.05) is 20.3 Å². The number of rotatable bonds is 5. The van der Waals surface area contributed by atoms with E-state index in [0.29, 0.717) is 18.4 Å². The van der Waals surface area contributed by atoms with E-state index in [2.05, 4.69) is 19.2 Å². The minimum absolute atomic E-state index is 0.140. The standard InChI is InChI=1S/C14H26N2O/c1-9(2)13(8-15)16-14(17)7-12-6-10-3-4-11(12)5-10/h9-13H,3-8,15H2,1-2H3,(H,16,17). The van der Waals surface area contributed by atoms with E-state index >= 15 is 0 Å². The molecule has 0 spiro atoms. The molecule has 0 aliphatic heterocycles. The smallest absolute Gasteiger partial charge is 0.220 e. The molecule has 98 valence electrons. The fourth-order valence-electron chi connectivity index (χ4n) is 3.63. The molecule has 4 unspecified atom stereocenters. The van der Waals surface area contributed by atoms with Crippen LogP contribution in [0.5, 0.6) is 0 Å². The van der Waals surface area contributed by atoms with Gasteiger partial charge in [0.15, 0.2) is 0 Å². The molecule has 0 aromatic rings. The Kier molecular flexibility index (Phi) is 4.08. The van der Waals surface area contributed by atoms with Crippen molar-refractivity contribution < 1.29 is 4.79 Å². The van der Waals surface area contributed by atoms with E-state index in [-0.39, 0.29) is 11.9 Å².